The second-order valence-electron chi connectivity index (χ2n) is 7.43. The van der Waals surface area contributed by atoms with Crippen molar-refractivity contribution in [3.05, 3.63) is 81.0 Å². The number of carbonyl (C=O) groups excluding carboxylic acids is 1. The highest BCUT2D eigenvalue weighted by Crippen LogP contribution is 2.21. The molecule has 0 saturated carbocycles. The van der Waals surface area contributed by atoms with Crippen LogP contribution in [0.15, 0.2) is 53.3 Å². The summed E-state index contributed by atoms with van der Waals surface area (Å²) < 4.78 is 14.8. The van der Waals surface area contributed by atoms with Gasteiger partial charge in [0.2, 0.25) is 5.91 Å². The molecular weight excluding hydrogens is 419 g/mol. The molecule has 0 aliphatic carbocycles. The zero-order valence-electron chi connectivity index (χ0n) is 17.1. The highest BCUT2D eigenvalue weighted by Gasteiger charge is 2.24. The Bertz CT molecular complexity index is 1160. The number of benzene rings is 2. The molecule has 1 amide bonds. The van der Waals surface area contributed by atoms with E-state index in [1.807, 2.05) is 6.92 Å². The van der Waals surface area contributed by atoms with Crippen molar-refractivity contribution in [1.82, 2.24) is 14.5 Å². The minimum Gasteiger partial charge on any atom is -0.325 e. The van der Waals surface area contributed by atoms with Crippen LogP contribution in [0, 0.1) is 5.82 Å². The Morgan fingerprint density at radius 2 is 1.87 bits per heavy atom. The predicted molar refractivity (Wildman–Crippen MR) is 119 cm³/mol. The van der Waals surface area contributed by atoms with Gasteiger partial charge in [0, 0.05) is 35.8 Å². The van der Waals surface area contributed by atoms with Crippen LogP contribution in [-0.2, 0) is 24.3 Å². The molecule has 1 aliphatic rings. The Balaban J connectivity index is 1.73. The molecule has 6 nitrogen and oxygen atoms in total. The number of likely N-dealkylation sites (N-methyl/N-ethyl adjacent to an activating group) is 1. The molecule has 160 valence electrons. The average Bonchev–Trinajstić information content (AvgIpc) is 2.77. The highest BCUT2D eigenvalue weighted by atomic mass is 35.5. The van der Waals surface area contributed by atoms with Crippen LogP contribution in [0.25, 0.3) is 11.4 Å². The molecule has 0 bridgehead atoms. The van der Waals surface area contributed by atoms with Gasteiger partial charge in [-0.2, -0.15) is 0 Å². The van der Waals surface area contributed by atoms with E-state index in [2.05, 4.69) is 10.2 Å². The second-order valence-corrected chi connectivity index (χ2v) is 7.87. The molecule has 2 aromatic carbocycles. The summed E-state index contributed by atoms with van der Waals surface area (Å²) in [6.07, 6.45) is 0.657. The minimum absolute atomic E-state index is 0.208. The monoisotopic (exact) mass is 440 g/mol. The summed E-state index contributed by atoms with van der Waals surface area (Å²) in [6, 6.07) is 12.5. The van der Waals surface area contributed by atoms with Gasteiger partial charge < -0.3 is 5.32 Å². The number of fused-ring (bicyclic) bond motifs is 1. The van der Waals surface area contributed by atoms with E-state index in [4.69, 9.17) is 16.6 Å². The molecule has 1 N–H and O–H groups in total. The van der Waals surface area contributed by atoms with Crippen molar-refractivity contribution in [2.24, 2.45) is 0 Å². The maximum atomic E-state index is 13.5. The molecule has 31 heavy (non-hydrogen) atoms. The maximum absolute atomic E-state index is 13.5. The maximum Gasteiger partial charge on any atom is 0.259 e. The summed E-state index contributed by atoms with van der Waals surface area (Å²) in [5, 5.41) is 3.34. The van der Waals surface area contributed by atoms with Crippen molar-refractivity contribution >= 4 is 23.2 Å². The van der Waals surface area contributed by atoms with Gasteiger partial charge in [0.25, 0.3) is 5.56 Å². The van der Waals surface area contributed by atoms with Gasteiger partial charge in [-0.3, -0.25) is 19.1 Å². The summed E-state index contributed by atoms with van der Waals surface area (Å²) in [7, 11) is 0. The van der Waals surface area contributed by atoms with Crippen LogP contribution >= 0.6 is 11.6 Å². The molecule has 4 rings (SSSR count). The molecule has 1 aromatic heterocycles. The first-order chi connectivity index (χ1) is 14.9. The number of amides is 1. The van der Waals surface area contributed by atoms with E-state index in [9.17, 15) is 14.0 Å². The van der Waals surface area contributed by atoms with E-state index in [1.54, 1.807) is 36.4 Å². The minimum atomic E-state index is -0.380. The molecular formula is C23H22ClFN4O2. The Labute approximate surface area is 184 Å². The van der Waals surface area contributed by atoms with E-state index < -0.39 is 0 Å². The number of carbonyl (C=O) groups is 1. The first kappa shape index (κ1) is 21.2. The molecule has 1 aliphatic heterocycles. The van der Waals surface area contributed by atoms with E-state index >= 15 is 0 Å². The zero-order chi connectivity index (χ0) is 22.0. The van der Waals surface area contributed by atoms with Crippen molar-refractivity contribution in [2.45, 2.75) is 26.4 Å². The van der Waals surface area contributed by atoms with E-state index in [0.29, 0.717) is 40.6 Å². The summed E-state index contributed by atoms with van der Waals surface area (Å²) in [6.45, 7) is 3.99. The normalized spacial score (nSPS) is 13.6. The van der Waals surface area contributed by atoms with Crippen molar-refractivity contribution in [1.29, 1.82) is 0 Å². The standard InChI is InChI=1S/C23H22ClFN4O2/c1-2-28-12-11-20-19(13-28)23(31)29(22(27-20)15-3-7-17(25)8-4-15)14-21(30)26-18-9-5-16(24)6-10-18/h3-10H,2,11-14H2,1H3,(H,26,30). The first-order valence-corrected chi connectivity index (χ1v) is 10.5. The predicted octanol–water partition coefficient (Wildman–Crippen LogP) is 3.72. The number of nitrogens with zero attached hydrogens (tertiary/aromatic N) is 3. The molecule has 0 saturated heterocycles. The summed E-state index contributed by atoms with van der Waals surface area (Å²) in [5.74, 6) is -0.382. The van der Waals surface area contributed by atoms with Gasteiger partial charge in [-0.25, -0.2) is 9.37 Å². The van der Waals surface area contributed by atoms with Crippen LogP contribution in [0.4, 0.5) is 10.1 Å². The third kappa shape index (κ3) is 4.68. The van der Waals surface area contributed by atoms with Crippen molar-refractivity contribution < 1.29 is 9.18 Å². The van der Waals surface area contributed by atoms with Gasteiger partial charge in [-0.05, 0) is 55.1 Å². The lowest BCUT2D eigenvalue weighted by atomic mass is 10.1. The van der Waals surface area contributed by atoms with E-state index in [-0.39, 0.29) is 23.8 Å². The van der Waals surface area contributed by atoms with Gasteiger partial charge in [0.1, 0.15) is 18.2 Å². The fourth-order valence-corrected chi connectivity index (χ4v) is 3.81. The van der Waals surface area contributed by atoms with Gasteiger partial charge in [0.15, 0.2) is 0 Å². The quantitative estimate of drug-likeness (QED) is 0.656. The molecule has 3 aromatic rings. The number of anilines is 1. The van der Waals surface area contributed by atoms with Crippen LogP contribution < -0.4 is 10.9 Å². The largest absolute Gasteiger partial charge is 0.325 e. The van der Waals surface area contributed by atoms with Gasteiger partial charge in [-0.15, -0.1) is 0 Å². The van der Waals surface area contributed by atoms with Crippen LogP contribution in [0.2, 0.25) is 5.02 Å². The van der Waals surface area contributed by atoms with Crippen LogP contribution in [0.1, 0.15) is 18.2 Å². The highest BCUT2D eigenvalue weighted by molar-refractivity contribution is 6.30. The molecule has 0 spiro atoms. The van der Waals surface area contributed by atoms with Gasteiger partial charge in [0.05, 0.1) is 11.3 Å². The third-order valence-corrected chi connectivity index (χ3v) is 5.63. The smallest absolute Gasteiger partial charge is 0.259 e. The number of hydrogen-bond donors (Lipinski definition) is 1. The second kappa shape index (κ2) is 8.99. The number of rotatable bonds is 5. The van der Waals surface area contributed by atoms with Gasteiger partial charge in [-0.1, -0.05) is 18.5 Å². The van der Waals surface area contributed by atoms with Crippen molar-refractivity contribution in [3.8, 4) is 11.4 Å². The molecule has 2 heterocycles. The molecule has 0 atom stereocenters. The first-order valence-electron chi connectivity index (χ1n) is 10.1. The molecule has 0 unspecified atom stereocenters. The average molecular weight is 441 g/mol. The summed E-state index contributed by atoms with van der Waals surface area (Å²) >= 11 is 5.89. The van der Waals surface area contributed by atoms with Crippen LogP contribution in [0.5, 0.6) is 0 Å². The summed E-state index contributed by atoms with van der Waals surface area (Å²) in [4.78, 5) is 33.0. The number of nitrogens with one attached hydrogen (secondary N) is 1. The molecule has 8 heteroatoms. The lowest BCUT2D eigenvalue weighted by Crippen LogP contribution is -2.39. The van der Waals surface area contributed by atoms with Gasteiger partial charge >= 0.3 is 0 Å². The Morgan fingerprint density at radius 3 is 2.55 bits per heavy atom. The van der Waals surface area contributed by atoms with Crippen LogP contribution in [-0.4, -0.2) is 33.4 Å². The fraction of sp³-hybridized carbons (Fsp3) is 0.261. The topological polar surface area (TPSA) is 67.2 Å². The van der Waals surface area contributed by atoms with Crippen molar-refractivity contribution in [3.63, 3.8) is 0 Å². The number of aromatic nitrogens is 2. The van der Waals surface area contributed by atoms with Crippen molar-refractivity contribution in [2.75, 3.05) is 18.4 Å². The van der Waals surface area contributed by atoms with Crippen LogP contribution in [0.3, 0.4) is 0 Å². The number of halogens is 2. The van der Waals surface area contributed by atoms with E-state index in [0.717, 1.165) is 18.8 Å². The Hall–Kier alpha value is -3.03. The lowest BCUT2D eigenvalue weighted by molar-refractivity contribution is -0.116. The Kier molecular flexibility index (Phi) is 6.15. The SMILES string of the molecule is CCN1CCc2nc(-c3ccc(F)cc3)n(CC(=O)Nc3ccc(Cl)cc3)c(=O)c2C1. The zero-order valence-corrected chi connectivity index (χ0v) is 17.8. The number of hydrogen-bond acceptors (Lipinski definition) is 4. The summed E-state index contributed by atoms with van der Waals surface area (Å²) in [5.41, 5.74) is 2.27. The Morgan fingerprint density at radius 1 is 1.16 bits per heavy atom. The fourth-order valence-electron chi connectivity index (χ4n) is 3.68. The molecule has 0 fully saturated rings. The lowest BCUT2D eigenvalue weighted by Gasteiger charge is -2.27. The van der Waals surface area contributed by atoms with E-state index in [1.165, 1.54) is 16.7 Å². The molecule has 0 radical (unpaired) electrons. The third-order valence-electron chi connectivity index (χ3n) is 5.37.